The van der Waals surface area contributed by atoms with Crippen LogP contribution < -0.4 is 5.32 Å². The molecule has 0 saturated carbocycles. The molecule has 0 aliphatic rings. The monoisotopic (exact) mass is 350 g/mol. The lowest BCUT2D eigenvalue weighted by atomic mass is 10.1. The number of aromatic nitrogens is 3. The molecule has 0 radical (unpaired) electrons. The summed E-state index contributed by atoms with van der Waals surface area (Å²) in [7, 11) is 0. The van der Waals surface area contributed by atoms with Crippen molar-refractivity contribution in [2.75, 3.05) is 6.54 Å². The molecule has 0 amide bonds. The van der Waals surface area contributed by atoms with Crippen molar-refractivity contribution >= 4 is 15.9 Å². The van der Waals surface area contributed by atoms with Crippen LogP contribution in [-0.4, -0.2) is 21.3 Å². The Bertz CT molecular complexity index is 606. The van der Waals surface area contributed by atoms with E-state index in [1.54, 1.807) is 0 Å². The van der Waals surface area contributed by atoms with Gasteiger partial charge in [-0.1, -0.05) is 36.7 Å². The van der Waals surface area contributed by atoms with Crippen LogP contribution in [0.3, 0.4) is 0 Å². The SMILES string of the molecule is CCNC(C)c1cc(Br)ccc1-n1nc(CC)nc1CC. The van der Waals surface area contributed by atoms with Crippen LogP contribution in [0.2, 0.25) is 0 Å². The minimum Gasteiger partial charge on any atom is -0.310 e. The predicted molar refractivity (Wildman–Crippen MR) is 89.9 cm³/mol. The topological polar surface area (TPSA) is 42.7 Å². The molecule has 4 nitrogen and oxygen atoms in total. The van der Waals surface area contributed by atoms with E-state index >= 15 is 0 Å². The Morgan fingerprint density at radius 1 is 1.24 bits per heavy atom. The van der Waals surface area contributed by atoms with E-state index in [1.807, 2.05) is 4.68 Å². The van der Waals surface area contributed by atoms with E-state index in [1.165, 1.54) is 5.56 Å². The highest BCUT2D eigenvalue weighted by molar-refractivity contribution is 9.10. The molecule has 114 valence electrons. The normalized spacial score (nSPS) is 12.6. The van der Waals surface area contributed by atoms with Crippen molar-refractivity contribution in [3.63, 3.8) is 0 Å². The maximum absolute atomic E-state index is 4.67. The first-order valence-corrected chi connectivity index (χ1v) is 8.37. The summed E-state index contributed by atoms with van der Waals surface area (Å²) >= 11 is 3.57. The molecule has 0 aliphatic heterocycles. The van der Waals surface area contributed by atoms with Gasteiger partial charge in [0, 0.05) is 23.4 Å². The summed E-state index contributed by atoms with van der Waals surface area (Å²) in [5, 5.41) is 8.14. The molecule has 1 atom stereocenters. The maximum atomic E-state index is 4.67. The molecule has 1 aromatic heterocycles. The molecule has 21 heavy (non-hydrogen) atoms. The second-order valence-corrected chi connectivity index (χ2v) is 5.96. The van der Waals surface area contributed by atoms with Gasteiger partial charge in [0.05, 0.1) is 5.69 Å². The molecule has 1 unspecified atom stereocenters. The first kappa shape index (κ1) is 16.2. The summed E-state index contributed by atoms with van der Waals surface area (Å²) in [6, 6.07) is 6.60. The number of benzene rings is 1. The van der Waals surface area contributed by atoms with Crippen molar-refractivity contribution in [3.05, 3.63) is 39.9 Å². The Morgan fingerprint density at radius 2 is 2.00 bits per heavy atom. The zero-order valence-electron chi connectivity index (χ0n) is 13.2. The molecule has 0 aliphatic carbocycles. The fourth-order valence-corrected chi connectivity index (χ4v) is 2.82. The largest absolute Gasteiger partial charge is 0.310 e. The van der Waals surface area contributed by atoms with Crippen LogP contribution >= 0.6 is 15.9 Å². The third kappa shape index (κ3) is 3.52. The van der Waals surface area contributed by atoms with Gasteiger partial charge >= 0.3 is 0 Å². The van der Waals surface area contributed by atoms with Gasteiger partial charge < -0.3 is 5.32 Å². The molecule has 1 heterocycles. The minimum atomic E-state index is 0.265. The van der Waals surface area contributed by atoms with Crippen LogP contribution in [0.15, 0.2) is 22.7 Å². The van der Waals surface area contributed by atoms with Crippen LogP contribution in [0.4, 0.5) is 0 Å². The number of halogens is 1. The molecular weight excluding hydrogens is 328 g/mol. The van der Waals surface area contributed by atoms with Crippen molar-refractivity contribution < 1.29 is 0 Å². The molecule has 2 aromatic rings. The van der Waals surface area contributed by atoms with Gasteiger partial charge in [0.25, 0.3) is 0 Å². The number of nitrogens with one attached hydrogen (secondary N) is 1. The van der Waals surface area contributed by atoms with Gasteiger partial charge in [0.15, 0.2) is 5.82 Å². The number of aryl methyl sites for hydroxylation is 2. The lowest BCUT2D eigenvalue weighted by molar-refractivity contribution is 0.591. The van der Waals surface area contributed by atoms with Gasteiger partial charge in [0.1, 0.15) is 5.82 Å². The quantitative estimate of drug-likeness (QED) is 0.860. The number of hydrogen-bond acceptors (Lipinski definition) is 3. The van der Waals surface area contributed by atoms with E-state index < -0.39 is 0 Å². The highest BCUT2D eigenvalue weighted by Crippen LogP contribution is 2.26. The number of rotatable bonds is 6. The fraction of sp³-hybridized carbons (Fsp3) is 0.500. The van der Waals surface area contributed by atoms with E-state index in [2.05, 4.69) is 77.2 Å². The number of hydrogen-bond donors (Lipinski definition) is 1. The Balaban J connectivity index is 2.55. The third-order valence-electron chi connectivity index (χ3n) is 3.55. The van der Waals surface area contributed by atoms with Gasteiger partial charge in [-0.2, -0.15) is 5.10 Å². The van der Waals surface area contributed by atoms with Crippen LogP contribution in [-0.2, 0) is 12.8 Å². The highest BCUT2D eigenvalue weighted by atomic mass is 79.9. The van der Waals surface area contributed by atoms with Gasteiger partial charge in [-0.25, -0.2) is 9.67 Å². The van der Waals surface area contributed by atoms with Crippen molar-refractivity contribution in [1.82, 2.24) is 20.1 Å². The summed E-state index contributed by atoms with van der Waals surface area (Å²) in [5.74, 6) is 1.91. The van der Waals surface area contributed by atoms with E-state index in [-0.39, 0.29) is 6.04 Å². The lowest BCUT2D eigenvalue weighted by Gasteiger charge is -2.18. The van der Waals surface area contributed by atoms with Crippen molar-refractivity contribution in [2.24, 2.45) is 0 Å². The lowest BCUT2D eigenvalue weighted by Crippen LogP contribution is -2.20. The Morgan fingerprint density at radius 3 is 2.62 bits per heavy atom. The van der Waals surface area contributed by atoms with Crippen LogP contribution in [0.25, 0.3) is 5.69 Å². The van der Waals surface area contributed by atoms with E-state index in [9.17, 15) is 0 Å². The third-order valence-corrected chi connectivity index (χ3v) is 4.04. The van der Waals surface area contributed by atoms with Crippen LogP contribution in [0, 0.1) is 0 Å². The summed E-state index contributed by atoms with van der Waals surface area (Å²) in [4.78, 5) is 4.61. The molecule has 1 aromatic carbocycles. The summed E-state index contributed by atoms with van der Waals surface area (Å²) < 4.78 is 3.08. The molecule has 1 N–H and O–H groups in total. The Labute approximate surface area is 135 Å². The van der Waals surface area contributed by atoms with Crippen LogP contribution in [0.5, 0.6) is 0 Å². The van der Waals surface area contributed by atoms with Gasteiger partial charge in [0.2, 0.25) is 0 Å². The molecule has 0 saturated heterocycles. The zero-order valence-corrected chi connectivity index (χ0v) is 14.7. The first-order chi connectivity index (χ1) is 10.1. The molecule has 0 spiro atoms. The summed E-state index contributed by atoms with van der Waals surface area (Å²) in [5.41, 5.74) is 2.34. The maximum Gasteiger partial charge on any atom is 0.151 e. The van der Waals surface area contributed by atoms with Gasteiger partial charge in [-0.3, -0.25) is 0 Å². The second kappa shape index (κ2) is 7.18. The highest BCUT2D eigenvalue weighted by Gasteiger charge is 2.16. The average molecular weight is 351 g/mol. The Kier molecular flexibility index (Phi) is 5.53. The molecule has 2 rings (SSSR count). The zero-order chi connectivity index (χ0) is 15.4. The second-order valence-electron chi connectivity index (χ2n) is 5.05. The van der Waals surface area contributed by atoms with E-state index in [0.717, 1.165) is 41.2 Å². The van der Waals surface area contributed by atoms with Crippen LogP contribution in [0.1, 0.15) is 50.9 Å². The molecule has 0 fully saturated rings. The van der Waals surface area contributed by atoms with Gasteiger partial charge in [-0.05, 0) is 37.2 Å². The average Bonchev–Trinajstić information content (AvgIpc) is 2.90. The predicted octanol–water partition coefficient (Wildman–Crippen LogP) is 3.83. The molecular formula is C16H23BrN4. The fourth-order valence-electron chi connectivity index (χ4n) is 2.44. The van der Waals surface area contributed by atoms with Crippen molar-refractivity contribution in [1.29, 1.82) is 0 Å². The summed E-state index contributed by atoms with van der Waals surface area (Å²) in [6.45, 7) is 9.44. The molecule has 0 bridgehead atoms. The smallest absolute Gasteiger partial charge is 0.151 e. The number of nitrogens with zero attached hydrogens (tertiary/aromatic N) is 3. The van der Waals surface area contributed by atoms with Gasteiger partial charge in [-0.15, -0.1) is 0 Å². The van der Waals surface area contributed by atoms with E-state index in [4.69, 9.17) is 0 Å². The van der Waals surface area contributed by atoms with E-state index in [0.29, 0.717) is 0 Å². The summed E-state index contributed by atoms with van der Waals surface area (Å²) in [6.07, 6.45) is 1.73. The first-order valence-electron chi connectivity index (χ1n) is 7.58. The molecule has 5 heteroatoms. The van der Waals surface area contributed by atoms with Crippen molar-refractivity contribution in [2.45, 2.75) is 46.6 Å². The minimum absolute atomic E-state index is 0.265. The standard InChI is InChI=1S/C16H23BrN4/c1-5-15-19-16(6-2)21(20-15)14-9-8-12(17)10-13(14)11(4)18-7-3/h8-11,18H,5-7H2,1-4H3. The Hall–Kier alpha value is -1.20. The van der Waals surface area contributed by atoms with Crippen molar-refractivity contribution in [3.8, 4) is 5.69 Å².